The van der Waals surface area contributed by atoms with Gasteiger partial charge in [0.2, 0.25) is 0 Å². The van der Waals surface area contributed by atoms with E-state index in [0.29, 0.717) is 45.9 Å². The number of esters is 1. The average Bonchev–Trinajstić information content (AvgIpc) is 3.49. The lowest BCUT2D eigenvalue weighted by atomic mass is 10.1. The number of H-pyrrole nitrogens is 2. The molecule has 0 saturated carbocycles. The summed E-state index contributed by atoms with van der Waals surface area (Å²) in [7, 11) is 1.52. The standard InChI is InChI=1S/C25H20N4O6/c1-3-34-24(31)15-9-7-14(8-10-15)18-12-11-16(35-18)13-26-29-23(30)22-21(28-25(29)32)20-17(27-22)5-4-6-19(20)33-2/h4-13,27H,3H2,1-2H3,(H,28,32). The van der Waals surface area contributed by atoms with Crippen LogP contribution in [0.25, 0.3) is 33.3 Å². The van der Waals surface area contributed by atoms with Gasteiger partial charge in [-0.2, -0.15) is 5.10 Å². The molecule has 0 amide bonds. The van der Waals surface area contributed by atoms with Crippen molar-refractivity contribution in [2.45, 2.75) is 6.92 Å². The number of rotatable bonds is 6. The predicted octanol–water partition coefficient (Wildman–Crippen LogP) is 3.50. The van der Waals surface area contributed by atoms with Gasteiger partial charge in [0.15, 0.2) is 0 Å². The van der Waals surface area contributed by atoms with Gasteiger partial charge in [0.25, 0.3) is 0 Å². The van der Waals surface area contributed by atoms with Crippen LogP contribution in [0.2, 0.25) is 0 Å². The lowest BCUT2D eigenvalue weighted by Gasteiger charge is -2.02. The number of nitrogens with zero attached hydrogens (tertiary/aromatic N) is 2. The van der Waals surface area contributed by atoms with Crippen LogP contribution >= 0.6 is 0 Å². The first-order valence-corrected chi connectivity index (χ1v) is 10.8. The first kappa shape index (κ1) is 22.0. The number of hydrogen-bond donors (Lipinski definition) is 2. The van der Waals surface area contributed by atoms with Gasteiger partial charge < -0.3 is 23.9 Å². The minimum absolute atomic E-state index is 0.197. The molecule has 3 aromatic heterocycles. The molecule has 0 aliphatic carbocycles. The van der Waals surface area contributed by atoms with E-state index in [2.05, 4.69) is 15.1 Å². The van der Waals surface area contributed by atoms with Crippen molar-refractivity contribution >= 4 is 34.1 Å². The normalized spacial score (nSPS) is 11.5. The van der Waals surface area contributed by atoms with Crippen molar-refractivity contribution < 1.29 is 18.7 Å². The summed E-state index contributed by atoms with van der Waals surface area (Å²) in [6.45, 7) is 2.05. The second-order valence-corrected chi connectivity index (χ2v) is 7.55. The molecule has 0 spiro atoms. The summed E-state index contributed by atoms with van der Waals surface area (Å²) in [6.07, 6.45) is 1.28. The third-order valence-corrected chi connectivity index (χ3v) is 5.44. The number of hydrogen-bond acceptors (Lipinski definition) is 7. The number of fused-ring (bicyclic) bond motifs is 3. The van der Waals surface area contributed by atoms with E-state index < -0.39 is 17.2 Å². The largest absolute Gasteiger partial charge is 0.496 e. The minimum atomic E-state index is -0.702. The highest BCUT2D eigenvalue weighted by Crippen LogP contribution is 2.30. The maximum absolute atomic E-state index is 13.0. The number of aromatic amines is 2. The summed E-state index contributed by atoms with van der Waals surface area (Å²) in [5, 5.41) is 4.64. The molecule has 5 rings (SSSR count). The van der Waals surface area contributed by atoms with Crippen LogP contribution in [0.4, 0.5) is 0 Å². The zero-order valence-corrected chi connectivity index (χ0v) is 18.8. The highest BCUT2D eigenvalue weighted by Gasteiger charge is 2.15. The van der Waals surface area contributed by atoms with Crippen LogP contribution in [-0.2, 0) is 4.74 Å². The number of nitrogens with one attached hydrogen (secondary N) is 2. The van der Waals surface area contributed by atoms with E-state index in [1.165, 1.54) is 13.3 Å². The molecule has 10 heteroatoms. The SMILES string of the molecule is CCOC(=O)c1ccc(-c2ccc(C=Nn3c(=O)[nH]c4c([nH]c5cccc(OC)c54)c3=O)o2)cc1. The number of carbonyl (C=O) groups excluding carboxylic acids is 1. The summed E-state index contributed by atoms with van der Waals surface area (Å²) < 4.78 is 16.8. The molecular weight excluding hydrogens is 452 g/mol. The second-order valence-electron chi connectivity index (χ2n) is 7.55. The van der Waals surface area contributed by atoms with Gasteiger partial charge in [-0.1, -0.05) is 18.2 Å². The Hall–Kier alpha value is -4.86. The van der Waals surface area contributed by atoms with Gasteiger partial charge >= 0.3 is 17.2 Å². The summed E-state index contributed by atoms with van der Waals surface area (Å²) in [4.78, 5) is 43.2. The number of ether oxygens (including phenoxy) is 2. The monoisotopic (exact) mass is 472 g/mol. The van der Waals surface area contributed by atoms with E-state index in [9.17, 15) is 14.4 Å². The van der Waals surface area contributed by atoms with Crippen molar-refractivity contribution in [3.63, 3.8) is 0 Å². The van der Waals surface area contributed by atoms with Crippen LogP contribution in [0.3, 0.4) is 0 Å². The first-order chi connectivity index (χ1) is 17.0. The Kier molecular flexibility index (Phi) is 5.54. The fourth-order valence-electron chi connectivity index (χ4n) is 3.81. The van der Waals surface area contributed by atoms with Gasteiger partial charge in [0.1, 0.15) is 22.8 Å². The van der Waals surface area contributed by atoms with E-state index in [4.69, 9.17) is 13.9 Å². The highest BCUT2D eigenvalue weighted by atomic mass is 16.5. The van der Waals surface area contributed by atoms with E-state index in [0.717, 1.165) is 10.2 Å². The molecule has 0 fully saturated rings. The van der Waals surface area contributed by atoms with E-state index in [-0.39, 0.29) is 5.52 Å². The zero-order chi connectivity index (χ0) is 24.5. The molecule has 0 aliphatic rings. The quantitative estimate of drug-likeness (QED) is 0.287. The maximum Gasteiger partial charge on any atom is 0.350 e. The molecule has 2 aromatic carbocycles. The summed E-state index contributed by atoms with van der Waals surface area (Å²) >= 11 is 0. The van der Waals surface area contributed by atoms with Gasteiger partial charge in [-0.05, 0) is 43.3 Å². The number of aromatic nitrogens is 3. The fraction of sp³-hybridized carbons (Fsp3) is 0.120. The molecule has 10 nitrogen and oxygen atoms in total. The third-order valence-electron chi connectivity index (χ3n) is 5.44. The lowest BCUT2D eigenvalue weighted by Crippen LogP contribution is -2.32. The molecule has 0 bridgehead atoms. The summed E-state index contributed by atoms with van der Waals surface area (Å²) in [5.74, 6) is 0.997. The molecule has 2 N–H and O–H groups in total. The Morgan fingerprint density at radius 3 is 2.60 bits per heavy atom. The third kappa shape index (κ3) is 3.90. The Balaban J connectivity index is 1.46. The number of furan rings is 1. The molecule has 0 radical (unpaired) electrons. The molecular formula is C25H20N4O6. The fourth-order valence-corrected chi connectivity index (χ4v) is 3.81. The lowest BCUT2D eigenvalue weighted by molar-refractivity contribution is 0.0526. The number of benzene rings is 2. The molecule has 5 aromatic rings. The van der Waals surface area contributed by atoms with Gasteiger partial charge in [-0.15, -0.1) is 4.68 Å². The summed E-state index contributed by atoms with van der Waals surface area (Å²) in [6, 6.07) is 15.5. The van der Waals surface area contributed by atoms with Crippen LogP contribution < -0.4 is 16.0 Å². The molecule has 0 saturated heterocycles. The highest BCUT2D eigenvalue weighted by molar-refractivity contribution is 6.07. The van der Waals surface area contributed by atoms with E-state index >= 15 is 0 Å². The molecule has 176 valence electrons. The topological polar surface area (TPSA) is 132 Å². The molecule has 0 aliphatic heterocycles. The number of methoxy groups -OCH3 is 1. The van der Waals surface area contributed by atoms with Crippen LogP contribution in [0, 0.1) is 0 Å². The molecule has 35 heavy (non-hydrogen) atoms. The van der Waals surface area contributed by atoms with Crippen LogP contribution in [0.5, 0.6) is 5.75 Å². The second kappa shape index (κ2) is 8.82. The predicted molar refractivity (Wildman–Crippen MR) is 130 cm³/mol. The maximum atomic E-state index is 13.0. The molecule has 0 unspecified atom stereocenters. The van der Waals surface area contributed by atoms with Gasteiger partial charge in [-0.25, -0.2) is 9.59 Å². The minimum Gasteiger partial charge on any atom is -0.496 e. The Labute approximate surface area is 197 Å². The van der Waals surface area contributed by atoms with Crippen LogP contribution in [-0.4, -0.2) is 40.5 Å². The van der Waals surface area contributed by atoms with Crippen molar-refractivity contribution in [3.05, 3.63) is 86.8 Å². The van der Waals surface area contributed by atoms with Crippen molar-refractivity contribution in [2.24, 2.45) is 5.10 Å². The Bertz CT molecular complexity index is 1700. The first-order valence-electron chi connectivity index (χ1n) is 10.8. The van der Waals surface area contributed by atoms with Gasteiger partial charge in [0.05, 0.1) is 41.9 Å². The van der Waals surface area contributed by atoms with Gasteiger partial charge in [0, 0.05) is 5.56 Å². The number of carbonyl (C=O) groups is 1. The zero-order valence-electron chi connectivity index (χ0n) is 18.8. The van der Waals surface area contributed by atoms with E-state index in [1.54, 1.807) is 61.5 Å². The Morgan fingerprint density at radius 1 is 1.06 bits per heavy atom. The molecule has 0 atom stereocenters. The molecule has 3 heterocycles. The summed E-state index contributed by atoms with van der Waals surface area (Å²) in [5.41, 5.74) is 1.06. The van der Waals surface area contributed by atoms with Crippen molar-refractivity contribution in [2.75, 3.05) is 13.7 Å². The van der Waals surface area contributed by atoms with Crippen molar-refractivity contribution in [1.82, 2.24) is 14.6 Å². The average molecular weight is 472 g/mol. The van der Waals surface area contributed by atoms with Crippen molar-refractivity contribution in [1.29, 1.82) is 0 Å². The van der Waals surface area contributed by atoms with E-state index in [1.807, 2.05) is 0 Å². The van der Waals surface area contributed by atoms with Crippen molar-refractivity contribution in [3.8, 4) is 17.1 Å². The van der Waals surface area contributed by atoms with Crippen LogP contribution in [0.1, 0.15) is 23.0 Å². The van der Waals surface area contributed by atoms with Gasteiger partial charge in [-0.3, -0.25) is 4.79 Å². The smallest absolute Gasteiger partial charge is 0.350 e. The van der Waals surface area contributed by atoms with Crippen LogP contribution in [0.15, 0.2) is 73.7 Å². The Morgan fingerprint density at radius 2 is 1.86 bits per heavy atom.